The van der Waals surface area contributed by atoms with Gasteiger partial charge in [0.05, 0.1) is 31.0 Å². The minimum atomic E-state index is -1.08. The van der Waals surface area contributed by atoms with Crippen molar-refractivity contribution in [1.29, 1.82) is 0 Å². The summed E-state index contributed by atoms with van der Waals surface area (Å²) in [4.78, 5) is 70.5. The second kappa shape index (κ2) is 18.3. The number of fused-ring (bicyclic) bond motifs is 1. The fraction of sp³-hybridized carbons (Fsp3) is 0.412. The van der Waals surface area contributed by atoms with E-state index in [9.17, 15) is 29.1 Å². The molecule has 0 bridgehead atoms. The minimum absolute atomic E-state index is 0.0318. The summed E-state index contributed by atoms with van der Waals surface area (Å²) in [5.74, 6) is -2.29. The van der Waals surface area contributed by atoms with E-state index in [0.717, 1.165) is 71.8 Å². The molecule has 3 N–H and O–H groups in total. The lowest BCUT2D eigenvalue weighted by atomic mass is 9.52. The Bertz CT molecular complexity index is 2940. The Morgan fingerprint density at radius 1 is 0.821 bits per heavy atom. The van der Waals surface area contributed by atoms with Crippen LogP contribution in [0, 0.1) is 17.8 Å². The number of amides is 2. The number of hydrogen-bond acceptors (Lipinski definition) is 11. The zero-order chi connectivity index (χ0) is 47.7. The van der Waals surface area contributed by atoms with E-state index in [1.165, 1.54) is 28.8 Å². The predicted octanol–water partition coefficient (Wildman–Crippen LogP) is 6.97. The molecular formula is C51H58N8O8. The first-order chi connectivity index (χ1) is 31.9. The Morgan fingerprint density at radius 3 is 2.16 bits per heavy atom. The molecule has 2 saturated carbocycles. The van der Waals surface area contributed by atoms with Crippen molar-refractivity contribution in [3.63, 3.8) is 0 Å². The molecule has 0 atom stereocenters. The molecule has 350 valence electrons. The van der Waals surface area contributed by atoms with Crippen molar-refractivity contribution in [2.24, 2.45) is 10.8 Å². The van der Waals surface area contributed by atoms with Gasteiger partial charge in [-0.15, -0.1) is 0 Å². The average Bonchev–Trinajstić information content (AvgIpc) is 3.91. The van der Waals surface area contributed by atoms with E-state index in [0.29, 0.717) is 19.5 Å². The van der Waals surface area contributed by atoms with Crippen molar-refractivity contribution >= 4 is 29.0 Å². The molecule has 16 heteroatoms. The number of ether oxygens (including phenoxy) is 2. The standard InChI is InChI=1S/C51H58N8O8/c1-33-25-59(44-37(33)15-12-22-53-44)51(20-10-11-21-51)31-58-27-39(43(62)41(56-58)45(63)52-6)67-47(65)66-32-48(2,3)23-34-16-18-36(19-17-34)50(28-49(4,5)29-50)30-57-26-38(60)42(61)40(55-57)46(64)54-24-35-13-8-7-9-14-35/h7-9,12-19,22,25-27,60H,10-11,20-21,23-24,28-32H2,1-6H3,(H,52,63)(H,54,64). The second-order valence-electron chi connectivity index (χ2n) is 20.0. The number of aromatic hydroxyl groups is 1. The number of aryl methyl sites for hydroxylation is 1. The smallest absolute Gasteiger partial charge is 0.503 e. The lowest BCUT2D eigenvalue weighted by molar-refractivity contribution is 0.0387. The summed E-state index contributed by atoms with van der Waals surface area (Å²) in [6.45, 7) is 11.1. The first kappa shape index (κ1) is 46.4. The van der Waals surface area contributed by atoms with Gasteiger partial charge in [-0.1, -0.05) is 95.1 Å². The van der Waals surface area contributed by atoms with Gasteiger partial charge in [0.25, 0.3) is 22.7 Å². The Labute approximate surface area is 388 Å². The molecule has 2 amide bonds. The van der Waals surface area contributed by atoms with Crippen LogP contribution < -0.4 is 26.2 Å². The van der Waals surface area contributed by atoms with Crippen LogP contribution in [0.3, 0.4) is 0 Å². The molecule has 0 aliphatic heterocycles. The van der Waals surface area contributed by atoms with Gasteiger partial charge in [-0.3, -0.25) is 28.5 Å². The number of carbonyl (C=O) groups is 3. The number of aromatic nitrogens is 6. The van der Waals surface area contributed by atoms with Crippen LogP contribution in [-0.4, -0.2) is 65.8 Å². The third kappa shape index (κ3) is 9.88. The molecule has 8 rings (SSSR count). The molecule has 0 unspecified atom stereocenters. The van der Waals surface area contributed by atoms with E-state index >= 15 is 0 Å². The van der Waals surface area contributed by atoms with Crippen LogP contribution in [0.15, 0.2) is 101 Å². The summed E-state index contributed by atoms with van der Waals surface area (Å²) in [5.41, 5.74) is 1.04. The maximum absolute atomic E-state index is 13.5. The second-order valence-corrected chi connectivity index (χ2v) is 20.0. The van der Waals surface area contributed by atoms with E-state index in [-0.39, 0.29) is 35.4 Å². The summed E-state index contributed by atoms with van der Waals surface area (Å²) in [6.07, 6.45) is 11.2. The molecule has 67 heavy (non-hydrogen) atoms. The zero-order valence-electron chi connectivity index (χ0n) is 38.9. The number of benzene rings is 2. The highest BCUT2D eigenvalue weighted by Crippen LogP contribution is 2.56. The Morgan fingerprint density at radius 2 is 1.49 bits per heavy atom. The van der Waals surface area contributed by atoms with E-state index in [1.807, 2.05) is 75.4 Å². The average molecular weight is 911 g/mol. The van der Waals surface area contributed by atoms with Crippen LogP contribution in [0.4, 0.5) is 4.79 Å². The Balaban J connectivity index is 0.939. The Kier molecular flexibility index (Phi) is 12.7. The third-order valence-corrected chi connectivity index (χ3v) is 13.2. The van der Waals surface area contributed by atoms with Crippen LogP contribution in [0.25, 0.3) is 11.0 Å². The molecule has 4 aromatic heterocycles. The highest BCUT2D eigenvalue weighted by Gasteiger charge is 2.50. The van der Waals surface area contributed by atoms with E-state index < -0.39 is 51.2 Å². The fourth-order valence-corrected chi connectivity index (χ4v) is 10.4. The molecule has 2 aromatic carbocycles. The largest absolute Gasteiger partial charge is 0.514 e. The van der Waals surface area contributed by atoms with Gasteiger partial charge in [0.2, 0.25) is 5.75 Å². The van der Waals surface area contributed by atoms with Crippen LogP contribution >= 0.6 is 0 Å². The van der Waals surface area contributed by atoms with E-state index in [1.54, 1.807) is 6.20 Å². The molecule has 2 aliphatic rings. The van der Waals surface area contributed by atoms with Crippen LogP contribution in [0.5, 0.6) is 11.5 Å². The van der Waals surface area contributed by atoms with Crippen molar-refractivity contribution in [1.82, 2.24) is 39.7 Å². The highest BCUT2D eigenvalue weighted by molar-refractivity contribution is 5.92. The minimum Gasteiger partial charge on any atom is -0.503 e. The summed E-state index contributed by atoms with van der Waals surface area (Å²) in [6, 6.07) is 21.5. The molecule has 4 heterocycles. The molecule has 16 nitrogen and oxygen atoms in total. The summed E-state index contributed by atoms with van der Waals surface area (Å²) >= 11 is 0. The van der Waals surface area contributed by atoms with Crippen molar-refractivity contribution in [3.8, 4) is 11.5 Å². The molecule has 0 spiro atoms. The summed E-state index contributed by atoms with van der Waals surface area (Å²) < 4.78 is 16.4. The van der Waals surface area contributed by atoms with Gasteiger partial charge in [-0.2, -0.15) is 10.2 Å². The molecule has 2 aliphatic carbocycles. The van der Waals surface area contributed by atoms with Gasteiger partial charge in [0.15, 0.2) is 17.1 Å². The van der Waals surface area contributed by atoms with Crippen molar-refractivity contribution in [2.45, 2.75) is 110 Å². The summed E-state index contributed by atoms with van der Waals surface area (Å²) in [7, 11) is 1.40. The van der Waals surface area contributed by atoms with Crippen LogP contribution in [0.2, 0.25) is 0 Å². The van der Waals surface area contributed by atoms with Crippen LogP contribution in [0.1, 0.15) is 109 Å². The molecule has 2 fully saturated rings. The third-order valence-electron chi connectivity index (χ3n) is 13.2. The van der Waals surface area contributed by atoms with Gasteiger partial charge in [-0.05, 0) is 78.8 Å². The summed E-state index contributed by atoms with van der Waals surface area (Å²) in [5, 5.41) is 25.7. The molecule has 0 radical (unpaired) electrons. The zero-order valence-corrected chi connectivity index (χ0v) is 38.9. The topological polar surface area (TPSA) is 202 Å². The molecule has 0 saturated heterocycles. The van der Waals surface area contributed by atoms with Crippen molar-refractivity contribution in [2.75, 3.05) is 13.7 Å². The lowest BCUT2D eigenvalue weighted by Crippen LogP contribution is -2.49. The highest BCUT2D eigenvalue weighted by atomic mass is 16.7. The number of carbonyl (C=O) groups excluding carboxylic acids is 3. The van der Waals surface area contributed by atoms with Gasteiger partial charge < -0.3 is 29.8 Å². The number of pyridine rings is 1. The Hall–Kier alpha value is -7.10. The first-order valence-corrected chi connectivity index (χ1v) is 22.7. The molecule has 6 aromatic rings. The van der Waals surface area contributed by atoms with Gasteiger partial charge >= 0.3 is 6.16 Å². The number of nitrogens with zero attached hydrogens (tertiary/aromatic N) is 6. The van der Waals surface area contributed by atoms with Crippen molar-refractivity contribution < 1.29 is 29.0 Å². The van der Waals surface area contributed by atoms with Gasteiger partial charge in [-0.25, -0.2) is 9.78 Å². The fourth-order valence-electron chi connectivity index (χ4n) is 10.4. The van der Waals surface area contributed by atoms with Gasteiger partial charge in [0, 0.05) is 42.2 Å². The number of rotatable bonds is 15. The van der Waals surface area contributed by atoms with Gasteiger partial charge in [0.1, 0.15) is 12.3 Å². The van der Waals surface area contributed by atoms with Crippen molar-refractivity contribution in [3.05, 3.63) is 146 Å². The maximum Gasteiger partial charge on any atom is 0.514 e. The predicted molar refractivity (Wildman–Crippen MR) is 251 cm³/mol. The molecular weight excluding hydrogens is 853 g/mol. The first-order valence-electron chi connectivity index (χ1n) is 22.7. The number of nitrogens with one attached hydrogen (secondary N) is 2. The SMILES string of the molecule is CNC(=O)c1nn(CC2(n3cc(C)c4cccnc43)CCCC2)cc(OC(=O)OCC(C)(C)Cc2ccc(C3(Cn4cc(O)c(=O)c(C(=O)NCc5ccccc5)n4)CC(C)(C)C3)cc2)c1=O. The maximum atomic E-state index is 13.5. The van der Waals surface area contributed by atoms with E-state index in [4.69, 9.17) is 14.5 Å². The van der Waals surface area contributed by atoms with E-state index in [2.05, 4.69) is 57.6 Å². The quantitative estimate of drug-likeness (QED) is 0.0899. The lowest BCUT2D eigenvalue weighted by Gasteiger charge is -2.54. The normalized spacial score (nSPS) is 16.0. The monoisotopic (exact) mass is 910 g/mol. The number of hydrogen-bond donors (Lipinski definition) is 3. The van der Waals surface area contributed by atoms with Crippen LogP contribution in [-0.2, 0) is 41.7 Å².